The average Bonchev–Trinajstić information content (AvgIpc) is 2.66. The molecule has 0 spiro atoms. The summed E-state index contributed by atoms with van der Waals surface area (Å²) in [7, 11) is 1.85. The number of carbonyl (C=O) groups excluding carboxylic acids is 1. The number of hydrogen-bond acceptors (Lipinski definition) is 4. The van der Waals surface area contributed by atoms with Crippen molar-refractivity contribution in [1.82, 2.24) is 20.0 Å². The Labute approximate surface area is 119 Å². The minimum Gasteiger partial charge on any atom is -0.349 e. The molecule has 0 saturated carbocycles. The van der Waals surface area contributed by atoms with Crippen LogP contribution < -0.4 is 5.32 Å². The summed E-state index contributed by atoms with van der Waals surface area (Å²) in [4.78, 5) is 14.5. The van der Waals surface area contributed by atoms with Gasteiger partial charge in [0.05, 0.1) is 23.9 Å². The van der Waals surface area contributed by atoms with Crippen LogP contribution in [-0.4, -0.2) is 46.3 Å². The van der Waals surface area contributed by atoms with E-state index >= 15 is 0 Å². The first kappa shape index (κ1) is 14.5. The number of likely N-dealkylation sites (tertiary alicyclic amines) is 1. The summed E-state index contributed by atoms with van der Waals surface area (Å²) in [5.74, 6) is -0.0353. The van der Waals surface area contributed by atoms with E-state index in [2.05, 4.69) is 21.4 Å². The maximum Gasteiger partial charge on any atom is 0.255 e. The fraction of sp³-hybridized carbons (Fsp3) is 0.643. The lowest BCUT2D eigenvalue weighted by atomic mass is 10.0. The van der Waals surface area contributed by atoms with E-state index in [0.29, 0.717) is 12.1 Å². The molecule has 6 heteroatoms. The van der Waals surface area contributed by atoms with Crippen molar-refractivity contribution in [3.05, 3.63) is 17.0 Å². The summed E-state index contributed by atoms with van der Waals surface area (Å²) in [5.41, 5.74) is 2.35. The van der Waals surface area contributed by atoms with Crippen LogP contribution in [0, 0.1) is 25.2 Å². The van der Waals surface area contributed by atoms with Gasteiger partial charge in [0.15, 0.2) is 0 Å². The fourth-order valence-electron chi connectivity index (χ4n) is 2.70. The maximum atomic E-state index is 12.3. The largest absolute Gasteiger partial charge is 0.349 e. The molecule has 1 aromatic heterocycles. The normalized spacial score (nSPS) is 16.9. The maximum absolute atomic E-state index is 12.3. The molecule has 20 heavy (non-hydrogen) atoms. The van der Waals surface area contributed by atoms with Gasteiger partial charge in [0.25, 0.3) is 5.91 Å². The van der Waals surface area contributed by atoms with Crippen molar-refractivity contribution in [2.45, 2.75) is 32.7 Å². The summed E-state index contributed by atoms with van der Waals surface area (Å²) in [6.07, 6.45) is 1.79. The minimum absolute atomic E-state index is 0.0353. The highest BCUT2D eigenvalue weighted by molar-refractivity contribution is 5.96. The quantitative estimate of drug-likeness (QED) is 0.826. The Balaban J connectivity index is 1.95. The standard InChI is InChI=1S/C14H21N5O/c1-10-13(11(2)18(3)17-10)14(20)16-12-4-7-19(8-5-12)9-6-15/h12H,4-5,7-9H2,1-3H3,(H,16,20). The van der Waals surface area contributed by atoms with Crippen LogP contribution in [0.3, 0.4) is 0 Å². The van der Waals surface area contributed by atoms with E-state index in [1.165, 1.54) is 0 Å². The number of nitriles is 1. The number of nitrogens with zero attached hydrogens (tertiary/aromatic N) is 4. The molecule has 2 heterocycles. The van der Waals surface area contributed by atoms with Crippen LogP contribution in [0.25, 0.3) is 0 Å². The minimum atomic E-state index is -0.0353. The van der Waals surface area contributed by atoms with Crippen molar-refractivity contribution in [3.8, 4) is 6.07 Å². The highest BCUT2D eigenvalue weighted by Gasteiger charge is 2.23. The van der Waals surface area contributed by atoms with Gasteiger partial charge >= 0.3 is 0 Å². The number of amides is 1. The first-order chi connectivity index (χ1) is 9.52. The van der Waals surface area contributed by atoms with Gasteiger partial charge in [0.2, 0.25) is 0 Å². The Morgan fingerprint density at radius 1 is 1.45 bits per heavy atom. The Morgan fingerprint density at radius 2 is 2.10 bits per heavy atom. The molecule has 0 radical (unpaired) electrons. The van der Waals surface area contributed by atoms with Crippen molar-refractivity contribution in [3.63, 3.8) is 0 Å². The van der Waals surface area contributed by atoms with Gasteiger partial charge < -0.3 is 5.32 Å². The lowest BCUT2D eigenvalue weighted by Crippen LogP contribution is -2.44. The Hall–Kier alpha value is -1.87. The van der Waals surface area contributed by atoms with Crippen molar-refractivity contribution in [2.24, 2.45) is 7.05 Å². The second-order valence-corrected chi connectivity index (χ2v) is 5.35. The number of piperidine rings is 1. The predicted molar refractivity (Wildman–Crippen MR) is 75.2 cm³/mol. The van der Waals surface area contributed by atoms with E-state index in [1.807, 2.05) is 20.9 Å². The van der Waals surface area contributed by atoms with Gasteiger partial charge in [0.1, 0.15) is 0 Å². The van der Waals surface area contributed by atoms with Crippen LogP contribution in [-0.2, 0) is 7.05 Å². The Morgan fingerprint density at radius 3 is 2.60 bits per heavy atom. The lowest BCUT2D eigenvalue weighted by molar-refractivity contribution is 0.0913. The fourth-order valence-corrected chi connectivity index (χ4v) is 2.70. The molecule has 1 amide bonds. The molecule has 1 fully saturated rings. The summed E-state index contributed by atoms with van der Waals surface area (Å²) in [6.45, 7) is 5.97. The molecule has 1 aliphatic heterocycles. The lowest BCUT2D eigenvalue weighted by Gasteiger charge is -2.30. The Kier molecular flexibility index (Phi) is 4.40. The second-order valence-electron chi connectivity index (χ2n) is 5.35. The van der Waals surface area contributed by atoms with Crippen LogP contribution in [0.15, 0.2) is 0 Å². The summed E-state index contributed by atoms with van der Waals surface area (Å²) >= 11 is 0. The molecule has 0 aliphatic carbocycles. The van der Waals surface area contributed by atoms with E-state index in [9.17, 15) is 4.79 Å². The zero-order valence-electron chi connectivity index (χ0n) is 12.3. The topological polar surface area (TPSA) is 74.0 Å². The monoisotopic (exact) mass is 275 g/mol. The number of hydrogen-bond donors (Lipinski definition) is 1. The van der Waals surface area contributed by atoms with Gasteiger partial charge in [-0.2, -0.15) is 10.4 Å². The first-order valence-corrected chi connectivity index (χ1v) is 6.93. The van der Waals surface area contributed by atoms with Gasteiger partial charge in [-0.25, -0.2) is 0 Å². The van der Waals surface area contributed by atoms with Gasteiger partial charge in [-0.3, -0.25) is 14.4 Å². The third-order valence-electron chi connectivity index (χ3n) is 3.95. The van der Waals surface area contributed by atoms with E-state index in [-0.39, 0.29) is 11.9 Å². The molecule has 0 atom stereocenters. The molecule has 2 rings (SSSR count). The third kappa shape index (κ3) is 2.99. The van der Waals surface area contributed by atoms with Gasteiger partial charge in [0, 0.05) is 31.9 Å². The smallest absolute Gasteiger partial charge is 0.255 e. The molecule has 108 valence electrons. The number of nitrogens with one attached hydrogen (secondary N) is 1. The number of aromatic nitrogens is 2. The SMILES string of the molecule is Cc1nn(C)c(C)c1C(=O)NC1CCN(CC#N)CC1. The molecule has 1 N–H and O–H groups in total. The van der Waals surface area contributed by atoms with E-state index in [1.54, 1.807) is 4.68 Å². The van der Waals surface area contributed by atoms with Crippen molar-refractivity contribution < 1.29 is 4.79 Å². The third-order valence-corrected chi connectivity index (χ3v) is 3.95. The number of carbonyl (C=O) groups is 1. The average molecular weight is 275 g/mol. The number of rotatable bonds is 3. The molecule has 1 aliphatic rings. The second kappa shape index (κ2) is 6.06. The summed E-state index contributed by atoms with van der Waals surface area (Å²) in [5, 5.41) is 16.0. The van der Waals surface area contributed by atoms with Crippen LogP contribution in [0.5, 0.6) is 0 Å². The van der Waals surface area contributed by atoms with Crippen LogP contribution in [0.2, 0.25) is 0 Å². The molecule has 1 aromatic rings. The van der Waals surface area contributed by atoms with Crippen molar-refractivity contribution >= 4 is 5.91 Å². The van der Waals surface area contributed by atoms with Crippen LogP contribution >= 0.6 is 0 Å². The molecule has 0 aromatic carbocycles. The molecular formula is C14H21N5O. The Bertz CT molecular complexity index is 534. The first-order valence-electron chi connectivity index (χ1n) is 6.93. The highest BCUT2D eigenvalue weighted by atomic mass is 16.1. The van der Waals surface area contributed by atoms with Gasteiger partial charge in [-0.05, 0) is 26.7 Å². The van der Waals surface area contributed by atoms with E-state index in [4.69, 9.17) is 5.26 Å². The number of aryl methyl sites for hydroxylation is 2. The van der Waals surface area contributed by atoms with Gasteiger partial charge in [-0.1, -0.05) is 0 Å². The van der Waals surface area contributed by atoms with Crippen LogP contribution in [0.4, 0.5) is 0 Å². The zero-order valence-corrected chi connectivity index (χ0v) is 12.3. The van der Waals surface area contributed by atoms with Crippen LogP contribution in [0.1, 0.15) is 34.6 Å². The van der Waals surface area contributed by atoms with E-state index < -0.39 is 0 Å². The van der Waals surface area contributed by atoms with Crippen molar-refractivity contribution in [2.75, 3.05) is 19.6 Å². The molecule has 0 unspecified atom stereocenters. The molecule has 1 saturated heterocycles. The summed E-state index contributed by atoms with van der Waals surface area (Å²) in [6, 6.07) is 2.36. The molecule has 6 nitrogen and oxygen atoms in total. The highest BCUT2D eigenvalue weighted by Crippen LogP contribution is 2.14. The summed E-state index contributed by atoms with van der Waals surface area (Å²) < 4.78 is 1.74. The van der Waals surface area contributed by atoms with Crippen molar-refractivity contribution in [1.29, 1.82) is 5.26 Å². The predicted octanol–water partition coefficient (Wildman–Crippen LogP) is 0.755. The molecular weight excluding hydrogens is 254 g/mol. The zero-order chi connectivity index (χ0) is 14.7. The van der Waals surface area contributed by atoms with E-state index in [0.717, 1.165) is 37.3 Å². The van der Waals surface area contributed by atoms with Gasteiger partial charge in [-0.15, -0.1) is 0 Å². The molecule has 0 bridgehead atoms.